The predicted octanol–water partition coefficient (Wildman–Crippen LogP) is 4.69. The van der Waals surface area contributed by atoms with Crippen LogP contribution < -0.4 is 0 Å². The van der Waals surface area contributed by atoms with Gasteiger partial charge in [0, 0.05) is 11.5 Å². The monoisotopic (exact) mass is 238 g/mol. The summed E-state index contributed by atoms with van der Waals surface area (Å²) in [6, 6.07) is 8.67. The van der Waals surface area contributed by atoms with Crippen molar-refractivity contribution in [3.63, 3.8) is 0 Å². The van der Waals surface area contributed by atoms with Crippen LogP contribution in [-0.4, -0.2) is 0 Å². The van der Waals surface area contributed by atoms with Gasteiger partial charge >= 0.3 is 0 Å². The van der Waals surface area contributed by atoms with E-state index in [1.165, 1.54) is 24.8 Å². The van der Waals surface area contributed by atoms with Crippen molar-refractivity contribution in [2.45, 2.75) is 45.4 Å². The van der Waals surface area contributed by atoms with Crippen LogP contribution in [0.5, 0.6) is 0 Å². The van der Waals surface area contributed by atoms with E-state index in [1.54, 1.807) is 0 Å². The van der Waals surface area contributed by atoms with Crippen LogP contribution in [0.4, 0.5) is 0 Å². The lowest BCUT2D eigenvalue weighted by atomic mass is 9.87. The van der Waals surface area contributed by atoms with Crippen LogP contribution >= 0.6 is 0 Å². The number of hydrogen-bond donors (Lipinski definition) is 0. The van der Waals surface area contributed by atoms with E-state index in [-0.39, 0.29) is 5.41 Å². The van der Waals surface area contributed by atoms with Crippen molar-refractivity contribution >= 4 is 0 Å². The Balaban J connectivity index is 2.09. The van der Waals surface area contributed by atoms with Crippen molar-refractivity contribution in [2.75, 3.05) is 0 Å². The van der Waals surface area contributed by atoms with E-state index in [9.17, 15) is 0 Å². The van der Waals surface area contributed by atoms with Crippen molar-refractivity contribution in [3.8, 4) is 11.8 Å². The van der Waals surface area contributed by atoms with Crippen molar-refractivity contribution < 1.29 is 0 Å². The lowest BCUT2D eigenvalue weighted by Gasteiger charge is -2.18. The molecule has 0 fully saturated rings. The second-order valence-electron chi connectivity index (χ2n) is 6.06. The van der Waals surface area contributed by atoms with Crippen LogP contribution in [0.25, 0.3) is 0 Å². The van der Waals surface area contributed by atoms with Gasteiger partial charge in [-0.05, 0) is 42.4 Å². The lowest BCUT2D eigenvalue weighted by Crippen LogP contribution is -2.10. The molecule has 0 saturated heterocycles. The summed E-state index contributed by atoms with van der Waals surface area (Å²) >= 11 is 0. The summed E-state index contributed by atoms with van der Waals surface area (Å²) in [5.41, 5.74) is 2.71. The first-order valence-corrected chi connectivity index (χ1v) is 6.84. The number of rotatable bonds is 0. The largest absolute Gasteiger partial charge is 0.0903 e. The Labute approximate surface area is 111 Å². The molecule has 0 heterocycles. The Hall–Kier alpha value is -1.48. The molecular weight excluding hydrogens is 216 g/mol. The zero-order valence-electron chi connectivity index (χ0n) is 11.7. The van der Waals surface area contributed by atoms with Crippen molar-refractivity contribution in [1.82, 2.24) is 0 Å². The van der Waals surface area contributed by atoms with Gasteiger partial charge in [0.05, 0.1) is 0 Å². The highest BCUT2D eigenvalue weighted by atomic mass is 14.2. The summed E-state index contributed by atoms with van der Waals surface area (Å²) in [5, 5.41) is 0. The van der Waals surface area contributed by atoms with E-state index < -0.39 is 0 Å². The van der Waals surface area contributed by atoms with Crippen molar-refractivity contribution in [2.24, 2.45) is 5.92 Å². The topological polar surface area (TPSA) is 0 Å². The Morgan fingerprint density at radius 1 is 1.11 bits per heavy atom. The minimum atomic E-state index is 0.220. The van der Waals surface area contributed by atoms with Crippen LogP contribution in [0, 0.1) is 17.8 Å². The molecular formula is C18H22. The molecule has 0 aliphatic heterocycles. The summed E-state index contributed by atoms with van der Waals surface area (Å²) in [7, 11) is 0. The van der Waals surface area contributed by atoms with E-state index in [0.717, 1.165) is 5.56 Å². The maximum Gasteiger partial charge on any atom is 0.0386 e. The Kier molecular flexibility index (Phi) is 3.92. The number of hydrogen-bond acceptors (Lipinski definition) is 0. The molecule has 94 valence electrons. The van der Waals surface area contributed by atoms with Gasteiger partial charge in [0.25, 0.3) is 0 Å². The van der Waals surface area contributed by atoms with Crippen LogP contribution in [0.2, 0.25) is 0 Å². The number of benzene rings is 1. The van der Waals surface area contributed by atoms with Gasteiger partial charge in [-0.15, -0.1) is 0 Å². The Morgan fingerprint density at radius 2 is 1.83 bits per heavy atom. The van der Waals surface area contributed by atoms with E-state index >= 15 is 0 Å². The van der Waals surface area contributed by atoms with Crippen LogP contribution in [0.3, 0.4) is 0 Å². The highest BCUT2D eigenvalue weighted by molar-refractivity contribution is 5.38. The fraction of sp³-hybridized carbons (Fsp3) is 0.444. The van der Waals surface area contributed by atoms with Gasteiger partial charge in [-0.2, -0.15) is 0 Å². The molecule has 0 heteroatoms. The van der Waals surface area contributed by atoms with Gasteiger partial charge in [0.15, 0.2) is 0 Å². The Bertz CT molecular complexity index is 472. The van der Waals surface area contributed by atoms with E-state index in [2.05, 4.69) is 69.0 Å². The van der Waals surface area contributed by atoms with E-state index in [1.807, 2.05) is 0 Å². The zero-order valence-corrected chi connectivity index (χ0v) is 11.7. The average molecular weight is 238 g/mol. The number of allylic oxidation sites excluding steroid dienone is 2. The van der Waals surface area contributed by atoms with Gasteiger partial charge in [0.1, 0.15) is 0 Å². The molecule has 1 aromatic carbocycles. The van der Waals surface area contributed by atoms with Gasteiger partial charge in [-0.3, -0.25) is 0 Å². The second-order valence-corrected chi connectivity index (χ2v) is 6.06. The molecule has 0 bridgehead atoms. The fourth-order valence-electron chi connectivity index (χ4n) is 2.16. The fourth-order valence-corrected chi connectivity index (χ4v) is 2.16. The summed E-state index contributed by atoms with van der Waals surface area (Å²) < 4.78 is 0. The summed E-state index contributed by atoms with van der Waals surface area (Å²) in [6.45, 7) is 6.71. The molecule has 0 amide bonds. The maximum absolute atomic E-state index is 3.36. The van der Waals surface area contributed by atoms with Gasteiger partial charge in [-0.25, -0.2) is 0 Å². The SMILES string of the molecule is CC(C)(C)c1ccc(C#C[C@@H]2C=CCCC2)cc1. The third-order valence-electron chi connectivity index (χ3n) is 3.41. The predicted molar refractivity (Wildman–Crippen MR) is 78.5 cm³/mol. The van der Waals surface area contributed by atoms with Gasteiger partial charge in [-0.1, -0.05) is 56.9 Å². The summed E-state index contributed by atoms with van der Waals surface area (Å²) in [5.74, 6) is 7.11. The first kappa shape index (κ1) is 13.0. The zero-order chi connectivity index (χ0) is 13.0. The molecule has 0 spiro atoms. The standard InChI is InChI=1S/C18H22/c1-18(2,3)17-13-11-16(12-14-17)10-9-15-7-5-4-6-8-15/h5,7,11-15H,4,6,8H2,1-3H3/t15-/m1/s1. The minimum absolute atomic E-state index is 0.220. The van der Waals surface area contributed by atoms with E-state index in [0.29, 0.717) is 5.92 Å². The minimum Gasteiger partial charge on any atom is -0.0903 e. The molecule has 0 radical (unpaired) electrons. The molecule has 0 aromatic heterocycles. The van der Waals surface area contributed by atoms with Crippen LogP contribution in [0.1, 0.15) is 51.2 Å². The van der Waals surface area contributed by atoms with Crippen molar-refractivity contribution in [1.29, 1.82) is 0 Å². The van der Waals surface area contributed by atoms with Gasteiger partial charge in [0.2, 0.25) is 0 Å². The molecule has 1 aromatic rings. The highest BCUT2D eigenvalue weighted by Gasteiger charge is 2.12. The molecule has 0 saturated carbocycles. The Morgan fingerprint density at radius 3 is 2.39 bits per heavy atom. The van der Waals surface area contributed by atoms with Gasteiger partial charge < -0.3 is 0 Å². The van der Waals surface area contributed by atoms with E-state index in [4.69, 9.17) is 0 Å². The second kappa shape index (κ2) is 5.44. The normalized spacial score (nSPS) is 19.2. The van der Waals surface area contributed by atoms with Crippen LogP contribution in [-0.2, 0) is 5.41 Å². The molecule has 1 aliphatic rings. The molecule has 0 N–H and O–H groups in total. The first-order chi connectivity index (χ1) is 8.55. The lowest BCUT2D eigenvalue weighted by molar-refractivity contribution is 0.590. The smallest absolute Gasteiger partial charge is 0.0386 e. The molecule has 0 unspecified atom stereocenters. The third kappa shape index (κ3) is 3.50. The third-order valence-corrected chi connectivity index (χ3v) is 3.41. The highest BCUT2D eigenvalue weighted by Crippen LogP contribution is 2.22. The molecule has 2 rings (SSSR count). The van der Waals surface area contributed by atoms with Crippen LogP contribution in [0.15, 0.2) is 36.4 Å². The van der Waals surface area contributed by atoms with Crippen molar-refractivity contribution in [3.05, 3.63) is 47.5 Å². The quantitative estimate of drug-likeness (QED) is 0.454. The first-order valence-electron chi connectivity index (χ1n) is 6.84. The molecule has 18 heavy (non-hydrogen) atoms. The molecule has 0 nitrogen and oxygen atoms in total. The summed E-state index contributed by atoms with van der Waals surface area (Å²) in [4.78, 5) is 0. The average Bonchev–Trinajstić information content (AvgIpc) is 2.37. The molecule has 1 aliphatic carbocycles. The summed E-state index contributed by atoms with van der Waals surface area (Å²) in [6.07, 6.45) is 8.21. The molecule has 1 atom stereocenters. The maximum atomic E-state index is 3.36.